The Morgan fingerprint density at radius 2 is 2.31 bits per heavy atom. The average molecular weight is 372 g/mol. The number of hydrogen-bond acceptors (Lipinski definition) is 7. The first-order chi connectivity index (χ1) is 12.6. The predicted octanol–water partition coefficient (Wildman–Crippen LogP) is 2.01. The SMILES string of the molecule is N[C@H]1CCN(C(=O)c2nc(NCc3cncc(F)c3)nc3ccsc23)C1. The van der Waals surface area contributed by atoms with Crippen LogP contribution in [-0.4, -0.2) is 44.9 Å². The fourth-order valence-electron chi connectivity index (χ4n) is 2.94. The molecule has 7 nitrogen and oxygen atoms in total. The molecule has 4 rings (SSSR count). The van der Waals surface area contributed by atoms with Crippen LogP contribution in [0.25, 0.3) is 10.2 Å². The highest BCUT2D eigenvalue weighted by molar-refractivity contribution is 7.17. The first kappa shape index (κ1) is 16.8. The van der Waals surface area contributed by atoms with E-state index >= 15 is 0 Å². The van der Waals surface area contributed by atoms with Crippen LogP contribution in [0.1, 0.15) is 22.5 Å². The van der Waals surface area contributed by atoms with Gasteiger partial charge in [-0.05, 0) is 29.5 Å². The lowest BCUT2D eigenvalue weighted by Crippen LogP contribution is -2.32. The van der Waals surface area contributed by atoms with E-state index in [1.165, 1.54) is 17.4 Å². The molecule has 1 aliphatic heterocycles. The van der Waals surface area contributed by atoms with Gasteiger partial charge in [-0.1, -0.05) is 0 Å². The van der Waals surface area contributed by atoms with Crippen molar-refractivity contribution in [2.75, 3.05) is 18.4 Å². The lowest BCUT2D eigenvalue weighted by molar-refractivity contribution is 0.0787. The van der Waals surface area contributed by atoms with Gasteiger partial charge >= 0.3 is 0 Å². The maximum atomic E-state index is 13.3. The van der Waals surface area contributed by atoms with E-state index in [-0.39, 0.29) is 11.9 Å². The summed E-state index contributed by atoms with van der Waals surface area (Å²) in [6.45, 7) is 1.48. The first-order valence-corrected chi connectivity index (χ1v) is 9.11. The van der Waals surface area contributed by atoms with Gasteiger partial charge < -0.3 is 16.0 Å². The number of amides is 1. The van der Waals surface area contributed by atoms with Crippen LogP contribution in [0.5, 0.6) is 0 Å². The zero-order valence-electron chi connectivity index (χ0n) is 13.9. The van der Waals surface area contributed by atoms with E-state index < -0.39 is 5.82 Å². The van der Waals surface area contributed by atoms with Gasteiger partial charge in [-0.15, -0.1) is 11.3 Å². The minimum absolute atomic E-state index is 0.0117. The number of anilines is 1. The molecule has 1 saturated heterocycles. The lowest BCUT2D eigenvalue weighted by Gasteiger charge is -2.16. The fraction of sp³-hybridized carbons (Fsp3) is 0.294. The Kier molecular flexibility index (Phi) is 4.48. The van der Waals surface area contributed by atoms with Gasteiger partial charge in [0.15, 0.2) is 5.69 Å². The highest BCUT2D eigenvalue weighted by Gasteiger charge is 2.27. The number of halogens is 1. The van der Waals surface area contributed by atoms with Crippen molar-refractivity contribution in [1.29, 1.82) is 0 Å². The second-order valence-corrected chi connectivity index (χ2v) is 7.11. The summed E-state index contributed by atoms with van der Waals surface area (Å²) >= 11 is 1.44. The van der Waals surface area contributed by atoms with Gasteiger partial charge in [-0.2, -0.15) is 0 Å². The number of carbonyl (C=O) groups is 1. The molecule has 3 aromatic rings. The molecule has 0 aromatic carbocycles. The molecular formula is C17H17FN6OS. The number of nitrogens with one attached hydrogen (secondary N) is 1. The van der Waals surface area contributed by atoms with Crippen LogP contribution < -0.4 is 11.1 Å². The van der Waals surface area contributed by atoms with E-state index in [9.17, 15) is 9.18 Å². The summed E-state index contributed by atoms with van der Waals surface area (Å²) < 4.78 is 14.0. The molecule has 0 unspecified atom stereocenters. The van der Waals surface area contributed by atoms with Crippen molar-refractivity contribution >= 4 is 33.4 Å². The number of aromatic nitrogens is 3. The molecule has 0 radical (unpaired) electrons. The molecule has 4 heterocycles. The number of fused-ring (bicyclic) bond motifs is 1. The van der Waals surface area contributed by atoms with Crippen LogP contribution in [0.4, 0.5) is 10.3 Å². The zero-order valence-corrected chi connectivity index (χ0v) is 14.7. The third-order valence-corrected chi connectivity index (χ3v) is 5.14. The molecule has 9 heteroatoms. The molecule has 3 aromatic heterocycles. The van der Waals surface area contributed by atoms with E-state index in [0.717, 1.165) is 17.3 Å². The van der Waals surface area contributed by atoms with Crippen molar-refractivity contribution in [3.8, 4) is 0 Å². The Bertz CT molecular complexity index is 961. The number of thiophene rings is 1. The highest BCUT2D eigenvalue weighted by atomic mass is 32.1. The number of likely N-dealkylation sites (tertiary alicyclic amines) is 1. The van der Waals surface area contributed by atoms with Crippen molar-refractivity contribution in [3.05, 3.63) is 47.0 Å². The lowest BCUT2D eigenvalue weighted by atomic mass is 10.3. The summed E-state index contributed by atoms with van der Waals surface area (Å²) in [4.78, 5) is 27.3. The summed E-state index contributed by atoms with van der Waals surface area (Å²) in [6.07, 6.45) is 3.51. The van der Waals surface area contributed by atoms with Gasteiger partial charge in [0.25, 0.3) is 5.91 Å². The monoisotopic (exact) mass is 372 g/mol. The number of hydrogen-bond donors (Lipinski definition) is 2. The van der Waals surface area contributed by atoms with E-state index in [2.05, 4.69) is 20.3 Å². The van der Waals surface area contributed by atoms with Gasteiger partial charge in [-0.25, -0.2) is 14.4 Å². The molecular weight excluding hydrogens is 355 g/mol. The normalized spacial score (nSPS) is 17.0. The quantitative estimate of drug-likeness (QED) is 0.727. The largest absolute Gasteiger partial charge is 0.350 e. The Morgan fingerprint density at radius 3 is 3.08 bits per heavy atom. The van der Waals surface area contributed by atoms with Gasteiger partial charge in [-0.3, -0.25) is 9.78 Å². The summed E-state index contributed by atoms with van der Waals surface area (Å²) in [5.41, 5.74) is 7.66. The zero-order chi connectivity index (χ0) is 18.1. The number of pyridine rings is 1. The van der Waals surface area contributed by atoms with Gasteiger partial charge in [0, 0.05) is 31.9 Å². The average Bonchev–Trinajstić information content (AvgIpc) is 3.27. The minimum atomic E-state index is -0.403. The second-order valence-electron chi connectivity index (χ2n) is 6.20. The fourth-order valence-corrected chi connectivity index (χ4v) is 3.75. The summed E-state index contributed by atoms with van der Waals surface area (Å²) in [6, 6.07) is 3.25. The van der Waals surface area contributed by atoms with Crippen LogP contribution in [0.15, 0.2) is 29.9 Å². The Labute approximate surface area is 153 Å². The van der Waals surface area contributed by atoms with Gasteiger partial charge in [0.1, 0.15) is 5.82 Å². The number of nitrogens with zero attached hydrogens (tertiary/aromatic N) is 4. The van der Waals surface area contributed by atoms with E-state index in [4.69, 9.17) is 5.73 Å². The first-order valence-electron chi connectivity index (χ1n) is 8.23. The minimum Gasteiger partial charge on any atom is -0.350 e. The van der Waals surface area contributed by atoms with Crippen LogP contribution in [0.2, 0.25) is 0 Å². The molecule has 0 saturated carbocycles. The van der Waals surface area contributed by atoms with E-state index in [0.29, 0.717) is 42.4 Å². The molecule has 26 heavy (non-hydrogen) atoms. The molecule has 1 atom stereocenters. The molecule has 134 valence electrons. The smallest absolute Gasteiger partial charge is 0.274 e. The second kappa shape index (κ2) is 6.93. The molecule has 0 bridgehead atoms. The number of nitrogens with two attached hydrogens (primary N) is 1. The molecule has 1 fully saturated rings. The van der Waals surface area contributed by atoms with E-state index in [1.54, 1.807) is 11.1 Å². The maximum Gasteiger partial charge on any atom is 0.274 e. The molecule has 3 N–H and O–H groups in total. The van der Waals surface area contributed by atoms with Gasteiger partial charge in [0.05, 0.1) is 16.4 Å². The number of carbonyl (C=O) groups excluding carboxylic acids is 1. The van der Waals surface area contributed by atoms with Crippen molar-refractivity contribution < 1.29 is 9.18 Å². The van der Waals surface area contributed by atoms with Crippen LogP contribution in [0, 0.1) is 5.82 Å². The van der Waals surface area contributed by atoms with E-state index in [1.807, 2.05) is 11.4 Å². The maximum absolute atomic E-state index is 13.3. The molecule has 0 aliphatic carbocycles. The van der Waals surface area contributed by atoms with Gasteiger partial charge in [0.2, 0.25) is 5.95 Å². The van der Waals surface area contributed by atoms with Crippen LogP contribution >= 0.6 is 11.3 Å². The third-order valence-electron chi connectivity index (χ3n) is 4.23. The summed E-state index contributed by atoms with van der Waals surface area (Å²) in [5.74, 6) is -0.213. The van der Waals surface area contributed by atoms with Crippen molar-refractivity contribution in [3.63, 3.8) is 0 Å². The van der Waals surface area contributed by atoms with Crippen molar-refractivity contribution in [2.45, 2.75) is 19.0 Å². The summed E-state index contributed by atoms with van der Waals surface area (Å²) in [7, 11) is 0. The predicted molar refractivity (Wildman–Crippen MR) is 97.4 cm³/mol. The highest BCUT2D eigenvalue weighted by Crippen LogP contribution is 2.25. The van der Waals surface area contributed by atoms with Crippen LogP contribution in [0.3, 0.4) is 0 Å². The Balaban J connectivity index is 1.61. The number of rotatable bonds is 4. The molecule has 0 spiro atoms. The third kappa shape index (κ3) is 3.35. The molecule has 1 aliphatic rings. The molecule has 1 amide bonds. The Hall–Kier alpha value is -2.65. The standard InChI is InChI=1S/C17H17FN6OS/c18-11-5-10(6-20-8-11)7-21-17-22-13-2-4-26-15(13)14(23-17)16(25)24-3-1-12(19)9-24/h2,4-6,8,12H,1,3,7,9,19H2,(H,21,22,23)/t12-/m0/s1. The topological polar surface area (TPSA) is 97.0 Å². The van der Waals surface area contributed by atoms with Crippen LogP contribution in [-0.2, 0) is 6.54 Å². The summed E-state index contributed by atoms with van der Waals surface area (Å²) in [5, 5.41) is 4.93. The Morgan fingerprint density at radius 1 is 1.42 bits per heavy atom. The van der Waals surface area contributed by atoms with Crippen molar-refractivity contribution in [2.24, 2.45) is 5.73 Å². The van der Waals surface area contributed by atoms with Crippen molar-refractivity contribution in [1.82, 2.24) is 19.9 Å².